The summed E-state index contributed by atoms with van der Waals surface area (Å²) in [6.07, 6.45) is -3.28. The van der Waals surface area contributed by atoms with Crippen LogP contribution in [0.15, 0.2) is 30.9 Å². The Morgan fingerprint density at radius 3 is 2.81 bits per heavy atom. The van der Waals surface area contributed by atoms with E-state index in [1.807, 2.05) is 0 Å². The molecule has 0 aliphatic carbocycles. The number of anilines is 1. The first-order valence-corrected chi connectivity index (χ1v) is 5.88. The van der Waals surface area contributed by atoms with Gasteiger partial charge in [0.2, 0.25) is 0 Å². The molecule has 10 heteroatoms. The third-order valence-corrected chi connectivity index (χ3v) is 2.54. The number of nitrogens with one attached hydrogen (secondary N) is 1. The van der Waals surface area contributed by atoms with Crippen LogP contribution in [-0.2, 0) is 4.74 Å². The van der Waals surface area contributed by atoms with Crippen molar-refractivity contribution in [1.29, 1.82) is 0 Å². The van der Waals surface area contributed by atoms with Gasteiger partial charge in [0, 0.05) is 0 Å². The van der Waals surface area contributed by atoms with Crippen molar-refractivity contribution in [3.05, 3.63) is 35.9 Å². The van der Waals surface area contributed by atoms with E-state index >= 15 is 0 Å². The number of hydrogen-bond donors (Lipinski definition) is 1. The molecule has 0 fully saturated rings. The molecule has 0 aliphatic rings. The van der Waals surface area contributed by atoms with Crippen LogP contribution in [0.5, 0.6) is 0 Å². The third-order valence-electron chi connectivity index (χ3n) is 2.24. The molecule has 2 rings (SSSR count). The SMILES string of the molecule is O=C(Nc1cccc(Cl)c1-n1cncn1)OCC(F)(F)F. The minimum atomic E-state index is -4.60. The van der Waals surface area contributed by atoms with Crippen molar-refractivity contribution in [3.8, 4) is 5.69 Å². The molecule has 0 saturated heterocycles. The Morgan fingerprint density at radius 1 is 1.43 bits per heavy atom. The summed E-state index contributed by atoms with van der Waals surface area (Å²) in [7, 11) is 0. The lowest BCUT2D eigenvalue weighted by atomic mass is 10.2. The summed E-state index contributed by atoms with van der Waals surface area (Å²) in [5.74, 6) is 0. The molecule has 21 heavy (non-hydrogen) atoms. The van der Waals surface area contributed by atoms with Crippen molar-refractivity contribution >= 4 is 23.4 Å². The average molecular weight is 321 g/mol. The molecular weight excluding hydrogens is 313 g/mol. The van der Waals surface area contributed by atoms with E-state index in [2.05, 4.69) is 20.1 Å². The zero-order valence-corrected chi connectivity index (χ0v) is 11.0. The van der Waals surface area contributed by atoms with Gasteiger partial charge in [-0.15, -0.1) is 0 Å². The van der Waals surface area contributed by atoms with Gasteiger partial charge in [0.25, 0.3) is 0 Å². The Labute approximate surface area is 121 Å². The van der Waals surface area contributed by atoms with Gasteiger partial charge in [-0.05, 0) is 12.1 Å². The monoisotopic (exact) mass is 320 g/mol. The smallest absolute Gasteiger partial charge is 0.422 e. The third kappa shape index (κ3) is 4.09. The highest BCUT2D eigenvalue weighted by molar-refractivity contribution is 6.33. The number of benzene rings is 1. The first-order chi connectivity index (χ1) is 9.87. The van der Waals surface area contributed by atoms with Crippen molar-refractivity contribution < 1.29 is 22.7 Å². The molecule has 112 valence electrons. The van der Waals surface area contributed by atoms with Crippen LogP contribution >= 0.6 is 11.6 Å². The van der Waals surface area contributed by atoms with Gasteiger partial charge in [-0.1, -0.05) is 17.7 Å². The molecule has 0 atom stereocenters. The Morgan fingerprint density at radius 2 is 2.19 bits per heavy atom. The normalized spacial score (nSPS) is 11.2. The maximum atomic E-state index is 12.0. The zero-order chi connectivity index (χ0) is 15.5. The van der Waals surface area contributed by atoms with Crippen molar-refractivity contribution in [2.45, 2.75) is 6.18 Å². The number of rotatable bonds is 3. The van der Waals surface area contributed by atoms with Gasteiger partial charge in [0.15, 0.2) is 6.61 Å². The fourth-order valence-electron chi connectivity index (χ4n) is 1.47. The average Bonchev–Trinajstić information content (AvgIpc) is 2.89. The Balaban J connectivity index is 2.17. The highest BCUT2D eigenvalue weighted by Gasteiger charge is 2.29. The Hall–Kier alpha value is -2.29. The number of aromatic nitrogens is 3. The van der Waals surface area contributed by atoms with E-state index in [-0.39, 0.29) is 16.4 Å². The molecule has 0 unspecified atom stereocenters. The van der Waals surface area contributed by atoms with Crippen LogP contribution in [0.3, 0.4) is 0 Å². The Bertz CT molecular complexity index is 631. The van der Waals surface area contributed by atoms with Crippen LogP contribution in [0.4, 0.5) is 23.7 Å². The molecule has 1 N–H and O–H groups in total. The Kier molecular flexibility index (Phi) is 4.32. The number of para-hydroxylation sites is 1. The quantitative estimate of drug-likeness (QED) is 0.943. The van der Waals surface area contributed by atoms with Crippen LogP contribution in [0.2, 0.25) is 5.02 Å². The number of halogens is 4. The second-order valence-electron chi connectivity index (χ2n) is 3.79. The van der Waals surface area contributed by atoms with Crippen LogP contribution in [0.1, 0.15) is 0 Å². The summed E-state index contributed by atoms with van der Waals surface area (Å²) in [4.78, 5) is 15.1. The number of amides is 1. The molecule has 1 aromatic carbocycles. The van der Waals surface area contributed by atoms with Gasteiger partial charge in [-0.3, -0.25) is 5.32 Å². The van der Waals surface area contributed by atoms with E-state index in [1.165, 1.54) is 35.5 Å². The van der Waals surface area contributed by atoms with E-state index in [4.69, 9.17) is 11.6 Å². The van der Waals surface area contributed by atoms with Crippen LogP contribution in [-0.4, -0.2) is 33.6 Å². The van der Waals surface area contributed by atoms with Gasteiger partial charge < -0.3 is 4.74 Å². The van der Waals surface area contributed by atoms with Crippen LogP contribution in [0, 0.1) is 0 Å². The summed E-state index contributed by atoms with van der Waals surface area (Å²) in [5, 5.41) is 6.26. The van der Waals surface area contributed by atoms with Gasteiger partial charge in [0.1, 0.15) is 18.3 Å². The number of nitrogens with zero attached hydrogens (tertiary/aromatic N) is 3. The topological polar surface area (TPSA) is 69.0 Å². The molecule has 1 heterocycles. The minimum absolute atomic E-state index is 0.139. The highest BCUT2D eigenvalue weighted by Crippen LogP contribution is 2.28. The van der Waals surface area contributed by atoms with Gasteiger partial charge in [-0.2, -0.15) is 18.3 Å². The number of carbonyl (C=O) groups is 1. The first-order valence-electron chi connectivity index (χ1n) is 5.51. The standard InChI is InChI=1S/C11H8ClF3N4O2/c12-7-2-1-3-8(9(7)19-6-16-5-17-19)18-10(20)21-4-11(13,14)15/h1-3,5-6H,4H2,(H,18,20). The zero-order valence-electron chi connectivity index (χ0n) is 10.3. The summed E-state index contributed by atoms with van der Waals surface area (Å²) in [6, 6.07) is 4.49. The van der Waals surface area contributed by atoms with Crippen LogP contribution in [0.25, 0.3) is 5.69 Å². The predicted octanol–water partition coefficient (Wildman–Crippen LogP) is 3.03. The maximum absolute atomic E-state index is 12.0. The summed E-state index contributed by atoms with van der Waals surface area (Å²) < 4.78 is 41.2. The molecular formula is C11H8ClF3N4O2. The molecule has 0 bridgehead atoms. The summed E-state index contributed by atoms with van der Waals surface area (Å²) in [5.41, 5.74) is 0.404. The van der Waals surface area contributed by atoms with E-state index in [9.17, 15) is 18.0 Å². The van der Waals surface area contributed by atoms with E-state index < -0.39 is 18.9 Å². The number of alkyl halides is 3. The minimum Gasteiger partial charge on any atom is -0.440 e. The second kappa shape index (κ2) is 6.00. The van der Waals surface area contributed by atoms with Gasteiger partial charge >= 0.3 is 12.3 Å². The highest BCUT2D eigenvalue weighted by atomic mass is 35.5. The molecule has 0 spiro atoms. The summed E-state index contributed by atoms with van der Waals surface area (Å²) in [6.45, 7) is -1.68. The molecule has 6 nitrogen and oxygen atoms in total. The number of ether oxygens (including phenoxy) is 1. The number of hydrogen-bond acceptors (Lipinski definition) is 4. The predicted molar refractivity (Wildman–Crippen MR) is 67.4 cm³/mol. The molecule has 0 aliphatic heterocycles. The first kappa shape index (κ1) is 15.1. The van der Waals surface area contributed by atoms with Crippen molar-refractivity contribution in [3.63, 3.8) is 0 Å². The summed E-state index contributed by atoms with van der Waals surface area (Å²) >= 11 is 5.99. The van der Waals surface area contributed by atoms with Crippen molar-refractivity contribution in [2.75, 3.05) is 11.9 Å². The van der Waals surface area contributed by atoms with Gasteiger partial charge in [-0.25, -0.2) is 14.5 Å². The van der Waals surface area contributed by atoms with E-state index in [0.717, 1.165) is 0 Å². The van der Waals surface area contributed by atoms with Crippen LogP contribution < -0.4 is 5.32 Å². The fourth-order valence-corrected chi connectivity index (χ4v) is 1.73. The van der Waals surface area contributed by atoms with E-state index in [1.54, 1.807) is 0 Å². The second-order valence-corrected chi connectivity index (χ2v) is 4.20. The van der Waals surface area contributed by atoms with E-state index in [0.29, 0.717) is 0 Å². The molecule has 2 aromatic rings. The number of carbonyl (C=O) groups excluding carboxylic acids is 1. The maximum Gasteiger partial charge on any atom is 0.422 e. The van der Waals surface area contributed by atoms with Gasteiger partial charge in [0.05, 0.1) is 10.7 Å². The fraction of sp³-hybridized carbons (Fsp3) is 0.182. The lowest BCUT2D eigenvalue weighted by Gasteiger charge is -2.13. The van der Waals surface area contributed by atoms with Crippen molar-refractivity contribution in [1.82, 2.24) is 14.8 Å². The molecule has 0 saturated carbocycles. The molecule has 1 amide bonds. The lowest BCUT2D eigenvalue weighted by Crippen LogP contribution is -2.23. The lowest BCUT2D eigenvalue weighted by molar-refractivity contribution is -0.159. The molecule has 0 radical (unpaired) electrons. The van der Waals surface area contributed by atoms with Crippen molar-refractivity contribution in [2.24, 2.45) is 0 Å². The largest absolute Gasteiger partial charge is 0.440 e. The molecule has 1 aromatic heterocycles.